The molecule has 26 heavy (non-hydrogen) atoms. The molecule has 0 saturated heterocycles. The van der Waals surface area contributed by atoms with Crippen molar-refractivity contribution in [3.8, 4) is 45.8 Å². The maximum absolute atomic E-state index is 12.4. The van der Waals surface area contributed by atoms with Crippen LogP contribution in [0.15, 0.2) is 33.5 Å². The molecule has 0 amide bonds. The van der Waals surface area contributed by atoms with Gasteiger partial charge < -0.3 is 33.9 Å². The molecular weight excluding hydrogens is 344 g/mol. The molecule has 0 atom stereocenters. The zero-order valence-electron chi connectivity index (χ0n) is 14.2. The van der Waals surface area contributed by atoms with Gasteiger partial charge >= 0.3 is 0 Å². The molecule has 3 aromatic rings. The lowest BCUT2D eigenvalue weighted by molar-refractivity contribution is 0.316. The van der Waals surface area contributed by atoms with Crippen LogP contribution in [-0.4, -0.2) is 36.6 Å². The number of aromatic hydroxyl groups is 3. The largest absolute Gasteiger partial charge is 0.508 e. The first-order chi connectivity index (χ1) is 12.4. The average Bonchev–Trinajstić information content (AvgIpc) is 2.59. The predicted molar refractivity (Wildman–Crippen MR) is 92.6 cm³/mol. The number of phenolic OH excluding ortho intramolecular Hbond substituents is 3. The molecule has 0 bridgehead atoms. The van der Waals surface area contributed by atoms with E-state index in [1.807, 2.05) is 0 Å². The normalized spacial score (nSPS) is 10.7. The van der Waals surface area contributed by atoms with E-state index in [-0.39, 0.29) is 51.0 Å². The summed E-state index contributed by atoms with van der Waals surface area (Å²) in [5.74, 6) is -0.647. The van der Waals surface area contributed by atoms with E-state index in [2.05, 4.69) is 0 Å². The van der Waals surface area contributed by atoms with Crippen LogP contribution >= 0.6 is 0 Å². The summed E-state index contributed by atoms with van der Waals surface area (Å²) >= 11 is 0. The molecule has 0 aliphatic rings. The van der Waals surface area contributed by atoms with Gasteiger partial charge in [0.15, 0.2) is 16.9 Å². The molecule has 0 unspecified atom stereocenters. The van der Waals surface area contributed by atoms with E-state index < -0.39 is 11.2 Å². The number of methoxy groups -OCH3 is 3. The third-order valence-electron chi connectivity index (χ3n) is 3.86. The van der Waals surface area contributed by atoms with Gasteiger partial charge in [0, 0.05) is 18.2 Å². The Morgan fingerprint density at radius 1 is 0.885 bits per heavy atom. The highest BCUT2D eigenvalue weighted by molar-refractivity contribution is 5.87. The van der Waals surface area contributed by atoms with Crippen molar-refractivity contribution in [1.29, 1.82) is 0 Å². The Morgan fingerprint density at radius 2 is 1.58 bits per heavy atom. The molecule has 3 rings (SSSR count). The van der Waals surface area contributed by atoms with Crippen LogP contribution in [0.4, 0.5) is 0 Å². The van der Waals surface area contributed by atoms with Gasteiger partial charge in [-0.25, -0.2) is 0 Å². The summed E-state index contributed by atoms with van der Waals surface area (Å²) in [5, 5.41) is 29.6. The molecular formula is C18H16O8. The molecule has 2 aromatic carbocycles. The Kier molecular flexibility index (Phi) is 4.25. The summed E-state index contributed by atoms with van der Waals surface area (Å²) < 4.78 is 21.3. The molecule has 0 spiro atoms. The van der Waals surface area contributed by atoms with Crippen molar-refractivity contribution in [2.24, 2.45) is 0 Å². The van der Waals surface area contributed by atoms with Crippen molar-refractivity contribution >= 4 is 11.0 Å². The fourth-order valence-electron chi connectivity index (χ4n) is 2.72. The molecule has 0 fully saturated rings. The molecule has 3 N–H and O–H groups in total. The molecule has 0 saturated carbocycles. The van der Waals surface area contributed by atoms with Crippen LogP contribution in [0.3, 0.4) is 0 Å². The summed E-state index contributed by atoms with van der Waals surface area (Å²) in [4.78, 5) is 12.4. The summed E-state index contributed by atoms with van der Waals surface area (Å²) in [6.45, 7) is 0. The first-order valence-electron chi connectivity index (χ1n) is 7.43. The lowest BCUT2D eigenvalue weighted by Gasteiger charge is -2.16. The summed E-state index contributed by atoms with van der Waals surface area (Å²) in [6.07, 6.45) is 0. The molecule has 136 valence electrons. The van der Waals surface area contributed by atoms with Crippen LogP contribution < -0.4 is 19.6 Å². The van der Waals surface area contributed by atoms with Crippen molar-refractivity contribution in [3.05, 3.63) is 34.5 Å². The number of ether oxygens (including phenoxy) is 3. The average molecular weight is 360 g/mol. The topological polar surface area (TPSA) is 119 Å². The van der Waals surface area contributed by atoms with Gasteiger partial charge in [-0.05, 0) is 6.07 Å². The highest BCUT2D eigenvalue weighted by Gasteiger charge is 2.23. The third-order valence-corrected chi connectivity index (χ3v) is 3.86. The minimum absolute atomic E-state index is 0.00310. The predicted octanol–water partition coefficient (Wildman–Crippen LogP) is 2.60. The zero-order valence-corrected chi connectivity index (χ0v) is 14.2. The summed E-state index contributed by atoms with van der Waals surface area (Å²) in [6, 6.07) is 4.84. The number of rotatable bonds is 4. The first kappa shape index (κ1) is 17.3. The highest BCUT2D eigenvalue weighted by atomic mass is 16.5. The van der Waals surface area contributed by atoms with Crippen molar-refractivity contribution in [1.82, 2.24) is 0 Å². The van der Waals surface area contributed by atoms with Gasteiger partial charge in [0.2, 0.25) is 11.5 Å². The molecule has 1 heterocycles. The van der Waals surface area contributed by atoms with Crippen molar-refractivity contribution in [2.45, 2.75) is 0 Å². The van der Waals surface area contributed by atoms with E-state index in [1.165, 1.54) is 33.5 Å². The Hall–Kier alpha value is -3.55. The van der Waals surface area contributed by atoms with E-state index in [0.29, 0.717) is 0 Å². The Morgan fingerprint density at radius 3 is 2.19 bits per heavy atom. The number of hydrogen-bond donors (Lipinski definition) is 3. The Labute approximate surface area is 147 Å². The number of fused-ring (bicyclic) bond motifs is 1. The van der Waals surface area contributed by atoms with Crippen molar-refractivity contribution in [3.63, 3.8) is 0 Å². The fourth-order valence-corrected chi connectivity index (χ4v) is 2.72. The monoisotopic (exact) mass is 360 g/mol. The van der Waals surface area contributed by atoms with Gasteiger partial charge in [0.1, 0.15) is 28.2 Å². The van der Waals surface area contributed by atoms with E-state index in [4.69, 9.17) is 18.6 Å². The first-order valence-corrected chi connectivity index (χ1v) is 7.43. The van der Waals surface area contributed by atoms with Crippen LogP contribution in [0.5, 0.6) is 34.5 Å². The second kappa shape index (κ2) is 6.40. The van der Waals surface area contributed by atoms with E-state index in [1.54, 1.807) is 0 Å². The summed E-state index contributed by atoms with van der Waals surface area (Å²) in [7, 11) is 4.06. The molecule has 0 aliphatic carbocycles. The van der Waals surface area contributed by atoms with E-state index >= 15 is 0 Å². The minimum atomic E-state index is -0.521. The SMILES string of the molecule is COc1cc(-c2cc(=O)c3c(O)cc(O)cc3o2)c(OC)c(OC)c1O. The van der Waals surface area contributed by atoms with E-state index in [9.17, 15) is 20.1 Å². The lowest BCUT2D eigenvalue weighted by Crippen LogP contribution is -2.02. The van der Waals surface area contributed by atoms with Crippen LogP contribution in [0, 0.1) is 0 Å². The van der Waals surface area contributed by atoms with Gasteiger partial charge in [-0.2, -0.15) is 0 Å². The second-order valence-electron chi connectivity index (χ2n) is 5.35. The second-order valence-corrected chi connectivity index (χ2v) is 5.35. The zero-order chi connectivity index (χ0) is 19.0. The lowest BCUT2D eigenvalue weighted by atomic mass is 10.1. The Balaban J connectivity index is 2.38. The smallest absolute Gasteiger partial charge is 0.207 e. The standard InChI is InChI=1S/C18H16O8/c1-23-14-6-9(17(24-2)18(25-3)16(14)22)12-7-11(21)15-10(20)4-8(19)5-13(15)26-12/h4-7,19-20,22H,1-3H3. The summed E-state index contributed by atoms with van der Waals surface area (Å²) in [5.41, 5.74) is -0.259. The van der Waals surface area contributed by atoms with Gasteiger partial charge in [0.05, 0.1) is 26.9 Å². The maximum atomic E-state index is 12.4. The fraction of sp³-hybridized carbons (Fsp3) is 0.167. The van der Waals surface area contributed by atoms with Crippen LogP contribution in [0.1, 0.15) is 0 Å². The molecule has 0 radical (unpaired) electrons. The Bertz CT molecular complexity index is 1050. The van der Waals surface area contributed by atoms with Gasteiger partial charge in [-0.3, -0.25) is 4.79 Å². The third kappa shape index (κ3) is 2.61. The van der Waals surface area contributed by atoms with Gasteiger partial charge in [-0.1, -0.05) is 0 Å². The van der Waals surface area contributed by atoms with Crippen LogP contribution in [0.25, 0.3) is 22.3 Å². The van der Waals surface area contributed by atoms with Crippen molar-refractivity contribution < 1.29 is 33.9 Å². The highest BCUT2D eigenvalue weighted by Crippen LogP contribution is 2.49. The van der Waals surface area contributed by atoms with Crippen LogP contribution in [-0.2, 0) is 0 Å². The van der Waals surface area contributed by atoms with Crippen molar-refractivity contribution in [2.75, 3.05) is 21.3 Å². The minimum Gasteiger partial charge on any atom is -0.508 e. The quantitative estimate of drug-likeness (QED) is 0.650. The van der Waals surface area contributed by atoms with Gasteiger partial charge in [0.25, 0.3) is 0 Å². The van der Waals surface area contributed by atoms with E-state index in [0.717, 1.165) is 12.1 Å². The van der Waals surface area contributed by atoms with Gasteiger partial charge in [-0.15, -0.1) is 0 Å². The molecule has 8 heteroatoms. The number of benzene rings is 2. The molecule has 0 aliphatic heterocycles. The number of phenols is 3. The molecule has 1 aromatic heterocycles. The maximum Gasteiger partial charge on any atom is 0.207 e. The number of hydrogen-bond acceptors (Lipinski definition) is 8. The molecule has 8 nitrogen and oxygen atoms in total. The van der Waals surface area contributed by atoms with Crippen LogP contribution in [0.2, 0.25) is 0 Å².